The van der Waals surface area contributed by atoms with E-state index in [1.165, 1.54) is 20.0 Å². The third kappa shape index (κ3) is 3.02. The first kappa shape index (κ1) is 17.5. The first-order valence-corrected chi connectivity index (χ1v) is 9.88. The van der Waals surface area contributed by atoms with Crippen molar-refractivity contribution in [1.82, 2.24) is 5.16 Å². The molecule has 1 aromatic carbocycles. The number of hydrogen-bond donors (Lipinski definition) is 2. The average Bonchev–Trinajstić information content (AvgIpc) is 3.22. The van der Waals surface area contributed by atoms with Crippen molar-refractivity contribution in [3.63, 3.8) is 0 Å². The molecule has 1 heterocycles. The van der Waals surface area contributed by atoms with E-state index in [0.29, 0.717) is 15.8 Å². The summed E-state index contributed by atoms with van der Waals surface area (Å²) in [6, 6.07) is 4.83. The van der Waals surface area contributed by atoms with Gasteiger partial charge in [0.2, 0.25) is 0 Å². The minimum absolute atomic E-state index is 0.208. The summed E-state index contributed by atoms with van der Waals surface area (Å²) in [6.45, 7) is 2.86. The zero-order chi connectivity index (χ0) is 17.7. The molecule has 0 radical (unpaired) electrons. The fraction of sp³-hybridized carbons (Fsp3) is 0.375. The van der Waals surface area contributed by atoms with E-state index in [2.05, 4.69) is 21.1 Å². The molecule has 0 bridgehead atoms. The Morgan fingerprint density at radius 2 is 2.00 bits per heavy atom. The summed E-state index contributed by atoms with van der Waals surface area (Å²) in [5, 5.41) is 2.23. The predicted octanol–water partition coefficient (Wildman–Crippen LogP) is 3.96. The van der Waals surface area contributed by atoms with Crippen LogP contribution in [0.3, 0.4) is 0 Å². The van der Waals surface area contributed by atoms with Crippen molar-refractivity contribution in [2.24, 2.45) is 0 Å². The molecule has 3 rings (SSSR count). The first-order valence-electron chi connectivity index (χ1n) is 7.48. The maximum absolute atomic E-state index is 13.0. The molecule has 1 aliphatic rings. The number of rotatable bonds is 5. The van der Waals surface area contributed by atoms with Gasteiger partial charge in [0.1, 0.15) is 0 Å². The summed E-state index contributed by atoms with van der Waals surface area (Å²) in [7, 11) is -4.48. The second-order valence-electron chi connectivity index (χ2n) is 6.50. The van der Waals surface area contributed by atoms with Gasteiger partial charge in [-0.2, -0.15) is 0 Å². The Hall–Kier alpha value is -1.27. The van der Waals surface area contributed by atoms with Gasteiger partial charge in [0.15, 0.2) is 11.5 Å². The van der Waals surface area contributed by atoms with E-state index < -0.39 is 12.8 Å². The van der Waals surface area contributed by atoms with Gasteiger partial charge < -0.3 is 14.3 Å². The maximum Gasteiger partial charge on any atom is 0.335 e. The Labute approximate surface area is 147 Å². The lowest BCUT2D eigenvalue weighted by Gasteiger charge is -2.28. The number of nitrogens with zero attached hydrogens (tertiary/aromatic N) is 1. The first-order chi connectivity index (χ1) is 11.1. The van der Waals surface area contributed by atoms with Crippen molar-refractivity contribution >= 4 is 29.3 Å². The Morgan fingerprint density at radius 1 is 1.33 bits per heavy atom. The Morgan fingerprint density at radius 3 is 2.58 bits per heavy atom. The quantitative estimate of drug-likeness (QED) is 0.568. The van der Waals surface area contributed by atoms with Gasteiger partial charge in [-0.25, -0.2) is 0 Å². The Bertz CT molecular complexity index is 850. The third-order valence-electron chi connectivity index (χ3n) is 4.40. The summed E-state index contributed by atoms with van der Waals surface area (Å²) in [5.41, 5.74) is 0.900. The fourth-order valence-electron chi connectivity index (χ4n) is 2.58. The number of carbonyl (C=O) groups excluding carboxylic acids is 1. The topological polar surface area (TPSA) is 101 Å². The molecule has 0 spiro atoms. The van der Waals surface area contributed by atoms with E-state index in [9.17, 15) is 19.1 Å². The van der Waals surface area contributed by atoms with Gasteiger partial charge in [-0.3, -0.25) is 9.36 Å². The average molecular weight is 414 g/mol. The van der Waals surface area contributed by atoms with Crippen LogP contribution in [-0.4, -0.2) is 20.7 Å². The molecule has 8 heteroatoms. The molecule has 0 unspecified atom stereocenters. The van der Waals surface area contributed by atoms with Crippen molar-refractivity contribution < 1.29 is 23.7 Å². The van der Waals surface area contributed by atoms with Crippen LogP contribution >= 0.6 is 23.5 Å². The van der Waals surface area contributed by atoms with E-state index in [0.717, 1.165) is 12.8 Å². The molecule has 1 aliphatic carbocycles. The predicted molar refractivity (Wildman–Crippen MR) is 91.1 cm³/mol. The highest BCUT2D eigenvalue weighted by Gasteiger charge is 2.42. The minimum Gasteiger partial charge on any atom is -0.360 e. The van der Waals surface area contributed by atoms with E-state index in [1.54, 1.807) is 18.2 Å². The normalized spacial score (nSPS) is 15.5. The molecule has 1 saturated carbocycles. The summed E-state index contributed by atoms with van der Waals surface area (Å²) in [5.74, 6) is 0.435. The zero-order valence-corrected chi connectivity index (χ0v) is 15.7. The highest BCUT2D eigenvalue weighted by atomic mass is 79.9. The third-order valence-corrected chi connectivity index (χ3v) is 6.60. The van der Waals surface area contributed by atoms with Crippen molar-refractivity contribution in [2.45, 2.75) is 37.8 Å². The number of aromatic nitrogens is 1. The van der Waals surface area contributed by atoms with Crippen molar-refractivity contribution in [3.8, 4) is 0 Å². The smallest absolute Gasteiger partial charge is 0.335 e. The molecule has 2 aromatic rings. The van der Waals surface area contributed by atoms with Crippen molar-refractivity contribution in [1.29, 1.82) is 0 Å². The number of carbonyl (C=O) groups is 1. The lowest BCUT2D eigenvalue weighted by atomic mass is 9.91. The molecule has 1 fully saturated rings. The second-order valence-corrected chi connectivity index (χ2v) is 9.62. The Kier molecular flexibility index (Phi) is 4.33. The summed E-state index contributed by atoms with van der Waals surface area (Å²) < 4.78 is 17.8. The number of hydrogen-bond acceptors (Lipinski definition) is 4. The van der Waals surface area contributed by atoms with E-state index >= 15 is 0 Å². The molecule has 128 valence electrons. The van der Waals surface area contributed by atoms with Crippen LogP contribution < -0.4 is 0 Å². The van der Waals surface area contributed by atoms with Crippen LogP contribution in [0.15, 0.2) is 33.4 Å². The summed E-state index contributed by atoms with van der Waals surface area (Å²) >= 11 is 3.31. The van der Waals surface area contributed by atoms with E-state index in [-0.39, 0.29) is 22.8 Å². The molecule has 24 heavy (non-hydrogen) atoms. The van der Waals surface area contributed by atoms with Crippen LogP contribution in [0.4, 0.5) is 0 Å². The SMILES string of the molecule is CC(C)(c1cc(Br)ccc1C(=O)c1cnoc1C1CC1)P(=O)(O)O. The molecule has 0 atom stereocenters. The summed E-state index contributed by atoms with van der Waals surface area (Å²) in [4.78, 5) is 32.5. The van der Waals surface area contributed by atoms with E-state index in [4.69, 9.17) is 4.52 Å². The number of benzene rings is 1. The number of halogens is 1. The van der Waals surface area contributed by atoms with Gasteiger partial charge in [-0.05, 0) is 50.5 Å². The van der Waals surface area contributed by atoms with Crippen molar-refractivity contribution in [3.05, 3.63) is 51.3 Å². The number of ketones is 1. The largest absolute Gasteiger partial charge is 0.360 e. The van der Waals surface area contributed by atoms with Crippen LogP contribution in [-0.2, 0) is 9.72 Å². The van der Waals surface area contributed by atoms with Crippen molar-refractivity contribution in [2.75, 3.05) is 0 Å². The molecule has 1 aromatic heterocycles. The highest BCUT2D eigenvalue weighted by molar-refractivity contribution is 9.10. The molecular weight excluding hydrogens is 397 g/mol. The zero-order valence-electron chi connectivity index (χ0n) is 13.2. The van der Waals surface area contributed by atoms with Crippen LogP contribution in [0.1, 0.15) is 59.9 Å². The van der Waals surface area contributed by atoms with Gasteiger partial charge in [-0.1, -0.05) is 21.1 Å². The van der Waals surface area contributed by atoms with Gasteiger partial charge >= 0.3 is 7.60 Å². The molecule has 2 N–H and O–H groups in total. The maximum atomic E-state index is 13.0. The lowest BCUT2D eigenvalue weighted by Crippen LogP contribution is -2.22. The van der Waals surface area contributed by atoms with E-state index in [1.807, 2.05) is 0 Å². The van der Waals surface area contributed by atoms with Crippen LogP contribution in [0.2, 0.25) is 0 Å². The standard InChI is InChI=1S/C16H17BrNO5P/c1-16(2,24(20,21)22)13-7-10(17)5-6-11(13)14(19)12-8-18-23-15(12)9-3-4-9/h5-9H,3-4H2,1-2H3,(H2,20,21,22). The van der Waals surface area contributed by atoms with Gasteiger partial charge in [-0.15, -0.1) is 0 Å². The minimum atomic E-state index is -4.48. The Balaban J connectivity index is 2.13. The van der Waals surface area contributed by atoms with Gasteiger partial charge in [0.05, 0.1) is 16.9 Å². The van der Waals surface area contributed by atoms with Crippen LogP contribution in [0.5, 0.6) is 0 Å². The fourth-order valence-corrected chi connectivity index (χ4v) is 3.44. The molecule has 0 amide bonds. The highest BCUT2D eigenvalue weighted by Crippen LogP contribution is 2.57. The monoisotopic (exact) mass is 413 g/mol. The second kappa shape index (κ2) is 5.92. The lowest BCUT2D eigenvalue weighted by molar-refractivity contribution is 0.103. The molecule has 6 nitrogen and oxygen atoms in total. The van der Waals surface area contributed by atoms with Crippen LogP contribution in [0, 0.1) is 0 Å². The van der Waals surface area contributed by atoms with Gasteiger partial charge in [0, 0.05) is 16.0 Å². The van der Waals surface area contributed by atoms with Gasteiger partial charge in [0.25, 0.3) is 0 Å². The molecule has 0 saturated heterocycles. The molecular formula is C16H17BrNO5P. The molecule has 0 aliphatic heterocycles. The summed E-state index contributed by atoms with van der Waals surface area (Å²) in [6.07, 6.45) is 3.29. The van der Waals surface area contributed by atoms with Crippen LogP contribution in [0.25, 0.3) is 0 Å².